The second-order valence-corrected chi connectivity index (χ2v) is 3.26. The molecule has 2 N–H and O–H groups in total. The van der Waals surface area contributed by atoms with Crippen molar-refractivity contribution in [2.24, 2.45) is 5.73 Å². The minimum Gasteiger partial charge on any atom is -0.322 e. The Labute approximate surface area is 81.9 Å². The Hall–Kier alpha value is -0.550. The summed E-state index contributed by atoms with van der Waals surface area (Å²) in [6.07, 6.45) is -4.35. The fourth-order valence-corrected chi connectivity index (χ4v) is 1.34. The van der Waals surface area contributed by atoms with Gasteiger partial charge in [0.2, 0.25) is 0 Å². The third-order valence-electron chi connectivity index (χ3n) is 1.49. The molecule has 71 valence electrons. The van der Waals surface area contributed by atoms with E-state index in [1.54, 1.807) is 0 Å². The minimum absolute atomic E-state index is 0.0191. The van der Waals surface area contributed by atoms with Crippen molar-refractivity contribution in [2.75, 3.05) is 0 Å². The minimum atomic E-state index is -4.35. The number of benzene rings is 1. The third-order valence-corrected chi connectivity index (χ3v) is 2.18. The summed E-state index contributed by atoms with van der Waals surface area (Å²) in [7, 11) is 0. The Balaban J connectivity index is 3.19. The van der Waals surface area contributed by atoms with Gasteiger partial charge in [-0.3, -0.25) is 0 Å². The van der Waals surface area contributed by atoms with Gasteiger partial charge < -0.3 is 5.73 Å². The monoisotopic (exact) mass is 252 g/mol. The molecule has 1 radical (unpaired) electrons. The number of hydrogen-bond donors (Lipinski definition) is 1. The highest BCUT2D eigenvalue weighted by Gasteiger charge is 2.32. The largest absolute Gasteiger partial charge is 0.417 e. The molecule has 0 saturated carbocycles. The molecule has 0 amide bonds. The first-order valence-electron chi connectivity index (χ1n) is 3.37. The van der Waals surface area contributed by atoms with E-state index in [1.165, 1.54) is 12.1 Å². The van der Waals surface area contributed by atoms with Gasteiger partial charge in [0.1, 0.15) is 0 Å². The molecule has 0 aromatic heterocycles. The van der Waals surface area contributed by atoms with Crippen LogP contribution in [0, 0.1) is 6.54 Å². The highest BCUT2D eigenvalue weighted by molar-refractivity contribution is 9.10. The van der Waals surface area contributed by atoms with Gasteiger partial charge >= 0.3 is 6.18 Å². The lowest BCUT2D eigenvalue weighted by atomic mass is 10.1. The van der Waals surface area contributed by atoms with E-state index in [-0.39, 0.29) is 4.47 Å². The summed E-state index contributed by atoms with van der Waals surface area (Å²) < 4.78 is 36.9. The van der Waals surface area contributed by atoms with Crippen LogP contribution in [0.25, 0.3) is 0 Å². The standard InChI is InChI=1S/C8H6BrF3N/c9-7-2-1-5(4-13)3-6(7)8(10,11)12/h1-4H,13H2. The van der Waals surface area contributed by atoms with Crippen molar-refractivity contribution in [3.8, 4) is 0 Å². The molecular formula is C8H6BrF3N. The first-order chi connectivity index (χ1) is 5.95. The average molecular weight is 253 g/mol. The lowest BCUT2D eigenvalue weighted by molar-refractivity contribution is -0.138. The molecule has 5 heteroatoms. The van der Waals surface area contributed by atoms with Crippen molar-refractivity contribution in [3.63, 3.8) is 0 Å². The molecule has 0 spiro atoms. The molecule has 0 saturated heterocycles. The predicted octanol–water partition coefficient (Wildman–Crippen LogP) is 2.94. The van der Waals surface area contributed by atoms with Crippen molar-refractivity contribution < 1.29 is 13.2 Å². The maximum absolute atomic E-state index is 12.3. The highest BCUT2D eigenvalue weighted by Crippen LogP contribution is 2.35. The molecule has 0 unspecified atom stereocenters. The maximum Gasteiger partial charge on any atom is 0.417 e. The maximum atomic E-state index is 12.3. The van der Waals surface area contributed by atoms with Crippen LogP contribution in [0.15, 0.2) is 22.7 Å². The number of rotatable bonds is 1. The second-order valence-electron chi connectivity index (χ2n) is 2.40. The van der Waals surface area contributed by atoms with Gasteiger partial charge in [-0.15, -0.1) is 0 Å². The third kappa shape index (κ3) is 2.45. The van der Waals surface area contributed by atoms with Crippen molar-refractivity contribution in [1.82, 2.24) is 0 Å². The van der Waals surface area contributed by atoms with E-state index in [2.05, 4.69) is 15.9 Å². The SMILES string of the molecule is N[CH]c1ccc(Br)c(C(F)(F)F)c1. The van der Waals surface area contributed by atoms with Crippen LogP contribution in [-0.2, 0) is 6.18 Å². The lowest BCUT2D eigenvalue weighted by Crippen LogP contribution is -2.07. The first-order valence-corrected chi connectivity index (χ1v) is 4.16. The lowest BCUT2D eigenvalue weighted by Gasteiger charge is -2.09. The molecule has 13 heavy (non-hydrogen) atoms. The number of hydrogen-bond acceptors (Lipinski definition) is 1. The number of alkyl halides is 3. The fraction of sp³-hybridized carbons (Fsp3) is 0.125. The molecule has 1 rings (SSSR count). The van der Waals surface area contributed by atoms with E-state index in [1.807, 2.05) is 0 Å². The quantitative estimate of drug-likeness (QED) is 0.818. The average Bonchev–Trinajstić information content (AvgIpc) is 2.03. The smallest absolute Gasteiger partial charge is 0.322 e. The first kappa shape index (κ1) is 10.5. The van der Waals surface area contributed by atoms with Crippen LogP contribution >= 0.6 is 15.9 Å². The summed E-state index contributed by atoms with van der Waals surface area (Å²) in [5, 5.41) is 0. The van der Waals surface area contributed by atoms with Crippen molar-refractivity contribution in [2.45, 2.75) is 6.18 Å². The Kier molecular flexibility index (Phi) is 2.98. The second kappa shape index (κ2) is 3.67. The van der Waals surface area contributed by atoms with Crippen LogP contribution < -0.4 is 5.73 Å². The zero-order valence-corrected chi connectivity index (χ0v) is 7.98. The molecule has 0 aliphatic heterocycles. The van der Waals surface area contributed by atoms with Crippen LogP contribution in [0.1, 0.15) is 11.1 Å². The molecule has 0 bridgehead atoms. The van der Waals surface area contributed by atoms with E-state index in [4.69, 9.17) is 5.73 Å². The van der Waals surface area contributed by atoms with Crippen LogP contribution in [0.2, 0.25) is 0 Å². The van der Waals surface area contributed by atoms with E-state index in [0.717, 1.165) is 12.6 Å². The Bertz CT molecular complexity index is 309. The summed E-state index contributed by atoms with van der Waals surface area (Å²) in [6, 6.07) is 3.81. The molecule has 1 nitrogen and oxygen atoms in total. The molecule has 0 fully saturated rings. The van der Waals surface area contributed by atoms with Gasteiger partial charge in [0.15, 0.2) is 0 Å². The van der Waals surface area contributed by atoms with E-state index in [0.29, 0.717) is 5.56 Å². The van der Waals surface area contributed by atoms with Gasteiger partial charge in [0, 0.05) is 11.0 Å². The number of nitrogens with two attached hydrogens (primary N) is 1. The van der Waals surface area contributed by atoms with Gasteiger partial charge in [-0.2, -0.15) is 13.2 Å². The summed E-state index contributed by atoms with van der Waals surface area (Å²) in [5.41, 5.74) is 4.73. The Morgan fingerprint density at radius 1 is 1.31 bits per heavy atom. The van der Waals surface area contributed by atoms with Gasteiger partial charge in [-0.1, -0.05) is 22.0 Å². The summed E-state index contributed by atoms with van der Waals surface area (Å²) in [6.45, 7) is 1.13. The molecule has 0 heterocycles. The summed E-state index contributed by atoms with van der Waals surface area (Å²) >= 11 is 2.82. The van der Waals surface area contributed by atoms with E-state index >= 15 is 0 Å². The molecule has 0 atom stereocenters. The van der Waals surface area contributed by atoms with Crippen molar-refractivity contribution in [3.05, 3.63) is 40.3 Å². The molecule has 1 aromatic rings. The van der Waals surface area contributed by atoms with Gasteiger partial charge in [-0.05, 0) is 17.7 Å². The Morgan fingerprint density at radius 2 is 1.92 bits per heavy atom. The van der Waals surface area contributed by atoms with E-state index < -0.39 is 11.7 Å². The highest BCUT2D eigenvalue weighted by atomic mass is 79.9. The fourth-order valence-electron chi connectivity index (χ4n) is 0.864. The van der Waals surface area contributed by atoms with Crippen LogP contribution in [0.3, 0.4) is 0 Å². The molecule has 0 aliphatic carbocycles. The van der Waals surface area contributed by atoms with Crippen LogP contribution in [0.5, 0.6) is 0 Å². The summed E-state index contributed by atoms with van der Waals surface area (Å²) in [5.74, 6) is 0. The number of halogens is 4. The van der Waals surface area contributed by atoms with Gasteiger partial charge in [0.25, 0.3) is 0 Å². The zero-order chi connectivity index (χ0) is 10.1. The van der Waals surface area contributed by atoms with E-state index in [9.17, 15) is 13.2 Å². The zero-order valence-electron chi connectivity index (χ0n) is 6.40. The van der Waals surface area contributed by atoms with Crippen LogP contribution in [0.4, 0.5) is 13.2 Å². The molecular weight excluding hydrogens is 247 g/mol. The van der Waals surface area contributed by atoms with Gasteiger partial charge in [-0.25, -0.2) is 0 Å². The Morgan fingerprint density at radius 3 is 2.38 bits per heavy atom. The summed E-state index contributed by atoms with van der Waals surface area (Å²) in [4.78, 5) is 0. The molecule has 1 aromatic carbocycles. The van der Waals surface area contributed by atoms with Crippen LogP contribution in [-0.4, -0.2) is 0 Å². The normalized spacial score (nSPS) is 11.8. The van der Waals surface area contributed by atoms with Gasteiger partial charge in [0.05, 0.1) is 5.56 Å². The van der Waals surface area contributed by atoms with Crippen molar-refractivity contribution in [1.29, 1.82) is 0 Å². The predicted molar refractivity (Wildman–Crippen MR) is 46.7 cm³/mol. The van der Waals surface area contributed by atoms with Crippen molar-refractivity contribution >= 4 is 15.9 Å². The topological polar surface area (TPSA) is 26.0 Å². The molecule has 0 aliphatic rings.